The maximum absolute atomic E-state index is 12.1. The molecule has 0 saturated carbocycles. The van der Waals surface area contributed by atoms with Crippen molar-refractivity contribution < 1.29 is 14.3 Å². The molecule has 0 bridgehead atoms. The summed E-state index contributed by atoms with van der Waals surface area (Å²) >= 11 is 12.1. The third-order valence-electron chi connectivity index (χ3n) is 3.07. The Bertz CT molecular complexity index is 724. The average Bonchev–Trinajstić information content (AvgIpc) is 2.54. The van der Waals surface area contributed by atoms with Crippen molar-refractivity contribution in [2.24, 2.45) is 0 Å². The van der Waals surface area contributed by atoms with Crippen LogP contribution in [0.2, 0.25) is 10.0 Å². The van der Waals surface area contributed by atoms with Gasteiger partial charge in [-0.2, -0.15) is 0 Å². The Labute approximate surface area is 144 Å². The number of rotatable bonds is 5. The zero-order chi connectivity index (χ0) is 16.8. The lowest BCUT2D eigenvalue weighted by molar-refractivity contribution is -0.111. The van der Waals surface area contributed by atoms with Crippen LogP contribution in [0.4, 0.5) is 5.69 Å². The van der Waals surface area contributed by atoms with E-state index in [9.17, 15) is 4.79 Å². The fraction of sp³-hybridized carbons (Fsp3) is 0.118. The Balaban J connectivity index is 2.15. The highest BCUT2D eigenvalue weighted by Crippen LogP contribution is 2.29. The van der Waals surface area contributed by atoms with Gasteiger partial charge >= 0.3 is 0 Å². The number of benzene rings is 2. The number of carbonyl (C=O) groups is 1. The van der Waals surface area contributed by atoms with Crippen LogP contribution in [0.5, 0.6) is 11.5 Å². The number of hydrogen-bond acceptors (Lipinski definition) is 3. The fourth-order valence-electron chi connectivity index (χ4n) is 1.91. The highest BCUT2D eigenvalue weighted by molar-refractivity contribution is 6.37. The van der Waals surface area contributed by atoms with E-state index in [2.05, 4.69) is 5.32 Å². The zero-order valence-corrected chi connectivity index (χ0v) is 14.1. The van der Waals surface area contributed by atoms with Gasteiger partial charge in [-0.25, -0.2) is 0 Å². The van der Waals surface area contributed by atoms with Gasteiger partial charge in [-0.1, -0.05) is 29.3 Å². The minimum Gasteiger partial charge on any atom is -0.497 e. The van der Waals surface area contributed by atoms with E-state index >= 15 is 0 Å². The average molecular weight is 352 g/mol. The first-order chi connectivity index (χ1) is 11.0. The van der Waals surface area contributed by atoms with E-state index in [-0.39, 0.29) is 5.91 Å². The first kappa shape index (κ1) is 17.2. The van der Waals surface area contributed by atoms with Crippen LogP contribution in [0.25, 0.3) is 6.08 Å². The first-order valence-corrected chi connectivity index (χ1v) is 7.46. The molecule has 0 aliphatic rings. The molecular formula is C17H15Cl2NO3. The van der Waals surface area contributed by atoms with Crippen LogP contribution in [-0.2, 0) is 4.79 Å². The molecule has 120 valence electrons. The lowest BCUT2D eigenvalue weighted by Crippen LogP contribution is -2.09. The zero-order valence-electron chi connectivity index (χ0n) is 12.6. The second kappa shape index (κ2) is 7.90. The predicted octanol–water partition coefficient (Wildman–Crippen LogP) is 4.66. The SMILES string of the molecule is COc1ccc(NC(=O)C=Cc2c(Cl)cccc2Cl)c(OC)c1. The summed E-state index contributed by atoms with van der Waals surface area (Å²) in [7, 11) is 3.08. The molecule has 0 atom stereocenters. The molecule has 0 radical (unpaired) electrons. The Morgan fingerprint density at radius 2 is 1.78 bits per heavy atom. The van der Waals surface area contributed by atoms with Crippen molar-refractivity contribution >= 4 is 40.9 Å². The van der Waals surface area contributed by atoms with E-state index < -0.39 is 0 Å². The standard InChI is InChI=1S/C17H15Cl2NO3/c1-22-11-6-8-15(16(10-11)23-2)20-17(21)9-7-12-13(18)4-3-5-14(12)19/h3-10H,1-2H3,(H,20,21). The van der Waals surface area contributed by atoms with Crippen molar-refractivity contribution in [1.82, 2.24) is 0 Å². The normalized spacial score (nSPS) is 10.6. The second-order valence-electron chi connectivity index (χ2n) is 4.52. The van der Waals surface area contributed by atoms with Crippen molar-refractivity contribution in [1.29, 1.82) is 0 Å². The van der Waals surface area contributed by atoms with Crippen molar-refractivity contribution in [2.75, 3.05) is 19.5 Å². The largest absolute Gasteiger partial charge is 0.497 e. The molecule has 2 rings (SSSR count). The van der Waals surface area contributed by atoms with E-state index in [0.29, 0.717) is 32.8 Å². The number of hydrogen-bond donors (Lipinski definition) is 1. The van der Waals surface area contributed by atoms with E-state index in [1.165, 1.54) is 13.2 Å². The number of halogens is 2. The Morgan fingerprint density at radius 1 is 1.09 bits per heavy atom. The first-order valence-electron chi connectivity index (χ1n) is 6.70. The van der Waals surface area contributed by atoms with Gasteiger partial charge in [-0.05, 0) is 30.3 Å². The number of methoxy groups -OCH3 is 2. The lowest BCUT2D eigenvalue weighted by atomic mass is 10.2. The maximum Gasteiger partial charge on any atom is 0.248 e. The second-order valence-corrected chi connectivity index (χ2v) is 5.34. The molecule has 4 nitrogen and oxygen atoms in total. The van der Waals surface area contributed by atoms with Gasteiger partial charge in [0.2, 0.25) is 5.91 Å². The highest BCUT2D eigenvalue weighted by atomic mass is 35.5. The Morgan fingerprint density at radius 3 is 2.39 bits per heavy atom. The third-order valence-corrected chi connectivity index (χ3v) is 3.73. The molecule has 0 aliphatic heterocycles. The summed E-state index contributed by atoms with van der Waals surface area (Å²) in [6.07, 6.45) is 2.92. The van der Waals surface area contributed by atoms with Gasteiger partial charge in [-0.15, -0.1) is 0 Å². The summed E-state index contributed by atoms with van der Waals surface area (Å²) < 4.78 is 10.3. The number of carbonyl (C=O) groups excluding carboxylic acids is 1. The minimum absolute atomic E-state index is 0.329. The van der Waals surface area contributed by atoms with Gasteiger partial charge in [0, 0.05) is 27.8 Å². The molecule has 0 aliphatic carbocycles. The fourth-order valence-corrected chi connectivity index (χ4v) is 2.43. The quantitative estimate of drug-likeness (QED) is 0.796. The Kier molecular flexibility index (Phi) is 5.90. The van der Waals surface area contributed by atoms with Crippen LogP contribution in [0, 0.1) is 0 Å². The maximum atomic E-state index is 12.1. The summed E-state index contributed by atoms with van der Waals surface area (Å²) in [5.74, 6) is 0.810. The molecule has 6 heteroatoms. The molecule has 1 N–H and O–H groups in total. The number of ether oxygens (including phenoxy) is 2. The molecule has 0 spiro atoms. The summed E-state index contributed by atoms with van der Waals surface area (Å²) in [4.78, 5) is 12.1. The molecule has 2 aromatic carbocycles. The number of anilines is 1. The van der Waals surface area contributed by atoms with Crippen LogP contribution >= 0.6 is 23.2 Å². The lowest BCUT2D eigenvalue weighted by Gasteiger charge is -2.10. The molecule has 23 heavy (non-hydrogen) atoms. The van der Waals surface area contributed by atoms with Crippen LogP contribution in [-0.4, -0.2) is 20.1 Å². The predicted molar refractivity (Wildman–Crippen MR) is 93.7 cm³/mol. The van der Waals surface area contributed by atoms with Crippen LogP contribution in [0.1, 0.15) is 5.56 Å². The summed E-state index contributed by atoms with van der Waals surface area (Å²) in [5, 5.41) is 3.68. The monoisotopic (exact) mass is 351 g/mol. The van der Waals surface area contributed by atoms with Crippen molar-refractivity contribution in [3.05, 3.63) is 58.1 Å². The summed E-state index contributed by atoms with van der Waals surface area (Å²) in [5.41, 5.74) is 1.13. The van der Waals surface area contributed by atoms with Crippen molar-refractivity contribution in [2.45, 2.75) is 0 Å². The summed E-state index contributed by atoms with van der Waals surface area (Å²) in [6.45, 7) is 0. The smallest absolute Gasteiger partial charge is 0.248 e. The van der Waals surface area contributed by atoms with Crippen molar-refractivity contribution in [3.63, 3.8) is 0 Å². The molecule has 1 amide bonds. The molecule has 2 aromatic rings. The van der Waals surface area contributed by atoms with Gasteiger partial charge in [0.15, 0.2) is 0 Å². The molecule has 0 unspecified atom stereocenters. The molecule has 0 heterocycles. The van der Waals surface area contributed by atoms with E-state index in [1.807, 2.05) is 0 Å². The van der Waals surface area contributed by atoms with Gasteiger partial charge < -0.3 is 14.8 Å². The Hall–Kier alpha value is -2.17. The van der Waals surface area contributed by atoms with E-state index in [4.69, 9.17) is 32.7 Å². The van der Waals surface area contributed by atoms with Gasteiger partial charge in [0.05, 0.1) is 19.9 Å². The molecule has 0 aromatic heterocycles. The topological polar surface area (TPSA) is 47.6 Å². The minimum atomic E-state index is -0.329. The van der Waals surface area contributed by atoms with E-state index in [0.717, 1.165) is 0 Å². The van der Waals surface area contributed by atoms with Gasteiger partial charge in [-0.3, -0.25) is 4.79 Å². The van der Waals surface area contributed by atoms with Crippen LogP contribution in [0.15, 0.2) is 42.5 Å². The molecule has 0 fully saturated rings. The van der Waals surface area contributed by atoms with Gasteiger partial charge in [0.1, 0.15) is 11.5 Å². The summed E-state index contributed by atoms with van der Waals surface area (Å²) in [6, 6.07) is 10.3. The number of nitrogens with one attached hydrogen (secondary N) is 1. The highest BCUT2D eigenvalue weighted by Gasteiger charge is 2.08. The van der Waals surface area contributed by atoms with Gasteiger partial charge in [0.25, 0.3) is 0 Å². The van der Waals surface area contributed by atoms with Crippen molar-refractivity contribution in [3.8, 4) is 11.5 Å². The molecule has 0 saturated heterocycles. The molecular weight excluding hydrogens is 337 g/mol. The van der Waals surface area contributed by atoms with Crippen LogP contribution < -0.4 is 14.8 Å². The third kappa shape index (κ3) is 4.41. The van der Waals surface area contributed by atoms with E-state index in [1.54, 1.807) is 49.6 Å². The number of amides is 1. The van der Waals surface area contributed by atoms with Crippen LogP contribution in [0.3, 0.4) is 0 Å².